The van der Waals surface area contributed by atoms with Crippen LogP contribution >= 0.6 is 7.82 Å². The molecule has 0 saturated carbocycles. The van der Waals surface area contributed by atoms with E-state index in [1.54, 1.807) is 0 Å². The molecule has 0 amide bonds. The number of hydrogen-bond donors (Lipinski definition) is 15. The zero-order chi connectivity index (χ0) is 50.8. The quantitative estimate of drug-likeness (QED) is 0.0867. The number of aliphatic hydroxyl groups is 15. The molecule has 12 aliphatic heterocycles. The molecule has 13 bridgehead atoms. The van der Waals surface area contributed by atoms with E-state index in [0.717, 1.165) is 0 Å². The Morgan fingerprint density at radius 3 is 0.676 bits per heavy atom. The molecule has 12 aliphatic rings. The Labute approximate surface area is 398 Å². The van der Waals surface area contributed by atoms with Gasteiger partial charge in [-0.3, -0.25) is 0 Å². The smallest absolute Gasteiger partial charge is 0.394 e. The summed E-state index contributed by atoms with van der Waals surface area (Å²) in [6, 6.07) is 0. The molecular formula is C36H57O34P. The SMILES string of the molecule is O=P12OO[C@@H]3[C@@H](O)[C@H]4O[C@@H]5[C@H](OO1)[C@@H](O)[C@@H](O[C@@H]1[C@H](OO2)[C@@H](O)[C@@H](O[C@H]2[C@H](O)[C@@H](O)[C@@H](O[C@H]6[C@H](O)[C@@H](O)[C@@H](O[C@H]7[C@H](O)[C@@H](O)[C@@H](O[C@H]3[C@@H](CO)O4)O[C@@H]7CO)O[C@@H]6CO)O[C@@H]2CO)O[C@@H]1CO)O[C@@H]5CO. The molecule has 71 heavy (non-hydrogen) atoms. The topological polar surface area (TPSA) is 487 Å². The molecule has 410 valence electrons. The van der Waals surface area contributed by atoms with Crippen molar-refractivity contribution in [3.05, 3.63) is 0 Å². The fourth-order valence-electron chi connectivity index (χ4n) is 9.55. The van der Waals surface area contributed by atoms with Gasteiger partial charge in [-0.15, -0.1) is 14.0 Å². The largest absolute Gasteiger partial charge is 0.556 e. The maximum absolute atomic E-state index is 14.5. The van der Waals surface area contributed by atoms with Crippen molar-refractivity contribution in [2.45, 2.75) is 184 Å². The van der Waals surface area contributed by atoms with Crippen LogP contribution in [0, 0.1) is 0 Å². The molecule has 0 aliphatic carbocycles. The lowest BCUT2D eigenvalue weighted by Gasteiger charge is -2.51. The highest BCUT2D eigenvalue weighted by Crippen LogP contribution is 2.54. The van der Waals surface area contributed by atoms with Gasteiger partial charge in [0.15, 0.2) is 56.1 Å². The first kappa shape index (κ1) is 54.7. The molecule has 15 N–H and O–H groups in total. The van der Waals surface area contributed by atoms with Crippen LogP contribution in [-0.4, -0.2) is 300 Å². The fraction of sp³-hybridized carbons (Fsp3) is 1.00. The summed E-state index contributed by atoms with van der Waals surface area (Å²) in [6.07, 6.45) is -60.3. The zero-order valence-corrected chi connectivity index (χ0v) is 37.4. The molecule has 0 radical (unpaired) electrons. The van der Waals surface area contributed by atoms with Crippen molar-refractivity contribution < 1.29 is 167 Å². The summed E-state index contributed by atoms with van der Waals surface area (Å²) in [4.78, 5) is 16.1. The van der Waals surface area contributed by atoms with Gasteiger partial charge in [-0.25, -0.2) is 19.2 Å². The number of ether oxygens (including phenoxy) is 12. The molecule has 0 spiro atoms. The van der Waals surface area contributed by atoms with Gasteiger partial charge in [-0.1, -0.05) is 0 Å². The Kier molecular flexibility index (Phi) is 17.3. The fourth-order valence-corrected chi connectivity index (χ4v) is 10.2. The second-order valence-corrected chi connectivity index (χ2v) is 19.1. The van der Waals surface area contributed by atoms with Crippen molar-refractivity contribution in [2.75, 3.05) is 39.6 Å². The molecule has 35 heteroatoms. The number of fused-ring (bicyclic) bond motifs is 6. The molecule has 12 heterocycles. The van der Waals surface area contributed by atoms with Gasteiger partial charge in [0.2, 0.25) is 0 Å². The van der Waals surface area contributed by atoms with Gasteiger partial charge in [0.25, 0.3) is 0 Å². The van der Waals surface area contributed by atoms with E-state index in [0.29, 0.717) is 0 Å². The van der Waals surface area contributed by atoms with Crippen molar-refractivity contribution in [1.82, 2.24) is 0 Å². The third kappa shape index (κ3) is 10.3. The van der Waals surface area contributed by atoms with Gasteiger partial charge in [0.05, 0.1) is 39.6 Å². The summed E-state index contributed by atoms with van der Waals surface area (Å²) < 4.78 is 99.5. The summed E-state index contributed by atoms with van der Waals surface area (Å²) >= 11 is 0. The standard InChI is InChI=1S/C36H57O34P/c37-1-7-22-13(43)16(46)31(53-7)60-23-8(2-38)55-33(18(48)15(23)45)62-25-10(4-40)57-35-20(50)29(25)66-69-71(52)68-65-28-19(49)34(61-24-9(3-39)54-32(59-22)17(47)14(24)44)56-11(5-41)26(28)63-36-21(51)30(67-70-71)27(64-35)12(6-42)58-36/h7-51H,1-6H2/t7-,8-,9-,10-,11-,12-,13-,14-,15-,16-,17-,18-,19-,20-,21-,22-,23-,24-,25+,26+,27+,28-,29-,30-,31-,32-,33-,34-,35-,36-,71?/m1/s1. The van der Waals surface area contributed by atoms with Gasteiger partial charge in [-0.2, -0.15) is 0 Å². The summed E-state index contributed by atoms with van der Waals surface area (Å²) in [5.74, 6) is 0. The first-order valence-electron chi connectivity index (χ1n) is 22.3. The minimum Gasteiger partial charge on any atom is -0.394 e. The number of hydrogen-bond acceptors (Lipinski definition) is 34. The Morgan fingerprint density at radius 1 is 0.254 bits per heavy atom. The normalized spacial score (nSPS) is 56.1. The molecule has 12 fully saturated rings. The van der Waals surface area contributed by atoms with Gasteiger partial charge >= 0.3 is 7.82 Å². The predicted octanol–water partition coefficient (Wildman–Crippen LogP) is -11.1. The van der Waals surface area contributed by atoms with Crippen LogP contribution in [0.3, 0.4) is 0 Å². The minimum absolute atomic E-state index is 1.01. The summed E-state index contributed by atoms with van der Waals surface area (Å²) in [5, 5.41) is 166. The lowest BCUT2D eigenvalue weighted by Crippen LogP contribution is -2.69. The van der Waals surface area contributed by atoms with Crippen molar-refractivity contribution >= 4 is 7.82 Å². The Bertz CT molecular complexity index is 1790. The highest BCUT2D eigenvalue weighted by Gasteiger charge is 2.61. The van der Waals surface area contributed by atoms with E-state index < -0.39 is 232 Å². The Balaban J connectivity index is 1.13. The van der Waals surface area contributed by atoms with Crippen LogP contribution in [0.5, 0.6) is 0 Å². The van der Waals surface area contributed by atoms with Crippen LogP contribution in [0.25, 0.3) is 0 Å². The second-order valence-electron chi connectivity index (χ2n) is 17.7. The van der Waals surface area contributed by atoms with E-state index in [-0.39, 0.29) is 0 Å². The maximum atomic E-state index is 14.5. The van der Waals surface area contributed by atoms with Crippen LogP contribution in [0.1, 0.15) is 0 Å². The summed E-state index contributed by atoms with van der Waals surface area (Å²) in [5.41, 5.74) is 0. The second kappa shape index (κ2) is 22.5. The molecule has 0 aromatic heterocycles. The van der Waals surface area contributed by atoms with Crippen molar-refractivity contribution in [2.24, 2.45) is 0 Å². The van der Waals surface area contributed by atoms with E-state index in [1.165, 1.54) is 0 Å². The summed E-state index contributed by atoms with van der Waals surface area (Å²) in [7, 11) is -5.73. The van der Waals surface area contributed by atoms with Gasteiger partial charge in [0.1, 0.15) is 128 Å². The molecular weight excluding hydrogens is 1010 g/mol. The summed E-state index contributed by atoms with van der Waals surface area (Å²) in [6.45, 7) is -6.25. The number of phosphoric acid groups is 1. The first-order chi connectivity index (χ1) is 34.0. The van der Waals surface area contributed by atoms with Crippen molar-refractivity contribution in [3.8, 4) is 0 Å². The molecule has 0 aromatic carbocycles. The first-order valence-corrected chi connectivity index (χ1v) is 23.7. The van der Waals surface area contributed by atoms with E-state index >= 15 is 0 Å². The predicted molar refractivity (Wildman–Crippen MR) is 203 cm³/mol. The highest BCUT2D eigenvalue weighted by atomic mass is 31.2. The van der Waals surface area contributed by atoms with Crippen molar-refractivity contribution in [3.63, 3.8) is 0 Å². The van der Waals surface area contributed by atoms with Crippen LogP contribution in [0.15, 0.2) is 0 Å². The molecule has 1 unspecified atom stereocenters. The third-order valence-corrected chi connectivity index (χ3v) is 14.1. The van der Waals surface area contributed by atoms with Crippen LogP contribution in [0.4, 0.5) is 0 Å². The van der Waals surface area contributed by atoms with Gasteiger partial charge in [0, 0.05) is 0 Å². The number of rotatable bonds is 6. The zero-order valence-electron chi connectivity index (χ0n) is 36.5. The van der Waals surface area contributed by atoms with Crippen LogP contribution in [0.2, 0.25) is 0 Å². The maximum Gasteiger partial charge on any atom is 0.556 e. The molecule has 12 saturated heterocycles. The Hall–Kier alpha value is -1.09. The molecule has 34 nitrogen and oxygen atoms in total. The third-order valence-electron chi connectivity index (χ3n) is 13.3. The molecule has 0 aromatic rings. The van der Waals surface area contributed by atoms with Crippen molar-refractivity contribution in [1.29, 1.82) is 0 Å². The van der Waals surface area contributed by atoms with Crippen LogP contribution in [-0.2, 0) is 90.1 Å². The van der Waals surface area contributed by atoms with E-state index in [1.807, 2.05) is 0 Å². The Morgan fingerprint density at radius 2 is 0.451 bits per heavy atom. The lowest BCUT2D eigenvalue weighted by molar-refractivity contribution is -0.429. The average Bonchev–Trinajstić information content (AvgIpc) is 3.38. The minimum atomic E-state index is -5.73. The van der Waals surface area contributed by atoms with Gasteiger partial charge < -0.3 is 133 Å². The lowest BCUT2D eigenvalue weighted by atomic mass is 9.94. The average molecular weight is 1060 g/mol. The van der Waals surface area contributed by atoms with Gasteiger partial charge in [-0.05, 0) is 0 Å². The molecule has 12 rings (SSSR count). The van der Waals surface area contributed by atoms with E-state index in [2.05, 4.69) is 0 Å². The highest BCUT2D eigenvalue weighted by molar-refractivity contribution is 7.48. The monoisotopic (exact) mass is 1060 g/mol. The number of aliphatic hydroxyl groups excluding tert-OH is 15. The molecule has 31 atom stereocenters. The van der Waals surface area contributed by atoms with E-state index in [4.69, 9.17) is 85.5 Å². The van der Waals surface area contributed by atoms with E-state index in [9.17, 15) is 81.2 Å². The van der Waals surface area contributed by atoms with Crippen LogP contribution < -0.4 is 0 Å².